The Morgan fingerprint density at radius 3 is 2.47 bits per heavy atom. The standard InChI is InChI=1S/C14H17BrN2O2/c1-9-4-5-10(2)17(9)16-8-11-6-12(15)14(18)13(7-11)19-3/h4-7,16,18H,8H2,1-3H3. The first kappa shape index (κ1) is 13.8. The van der Waals surface area contributed by atoms with E-state index < -0.39 is 0 Å². The number of aromatic hydroxyl groups is 1. The topological polar surface area (TPSA) is 46.4 Å². The highest BCUT2D eigenvalue weighted by molar-refractivity contribution is 9.10. The Hall–Kier alpha value is -1.62. The highest BCUT2D eigenvalue weighted by Crippen LogP contribution is 2.35. The minimum Gasteiger partial charge on any atom is -0.503 e. The maximum Gasteiger partial charge on any atom is 0.172 e. The molecule has 0 aliphatic carbocycles. The second-order valence-electron chi connectivity index (χ2n) is 4.41. The van der Waals surface area contributed by atoms with Crippen molar-refractivity contribution in [1.29, 1.82) is 0 Å². The lowest BCUT2D eigenvalue weighted by atomic mass is 10.2. The lowest BCUT2D eigenvalue weighted by Crippen LogP contribution is -2.16. The van der Waals surface area contributed by atoms with Gasteiger partial charge >= 0.3 is 0 Å². The van der Waals surface area contributed by atoms with E-state index in [9.17, 15) is 5.11 Å². The number of aromatic nitrogens is 1. The summed E-state index contributed by atoms with van der Waals surface area (Å²) in [5.74, 6) is 0.590. The summed E-state index contributed by atoms with van der Waals surface area (Å²) in [5, 5.41) is 9.76. The van der Waals surface area contributed by atoms with Crippen LogP contribution in [0, 0.1) is 13.8 Å². The van der Waals surface area contributed by atoms with Crippen LogP contribution in [0.4, 0.5) is 0 Å². The van der Waals surface area contributed by atoms with Gasteiger partial charge in [-0.05, 0) is 59.6 Å². The molecule has 0 amide bonds. The molecular formula is C14H17BrN2O2. The molecule has 0 saturated heterocycles. The largest absolute Gasteiger partial charge is 0.503 e. The number of phenolic OH excluding ortho intramolecular Hbond substituents is 1. The van der Waals surface area contributed by atoms with E-state index in [0.29, 0.717) is 16.8 Å². The Bertz CT molecular complexity index is 574. The van der Waals surface area contributed by atoms with E-state index in [1.54, 1.807) is 7.11 Å². The molecule has 0 radical (unpaired) electrons. The smallest absolute Gasteiger partial charge is 0.172 e. The lowest BCUT2D eigenvalue weighted by molar-refractivity contribution is 0.371. The molecule has 1 aromatic heterocycles. The summed E-state index contributed by atoms with van der Waals surface area (Å²) in [5.41, 5.74) is 6.67. The molecule has 102 valence electrons. The zero-order valence-electron chi connectivity index (χ0n) is 11.2. The second-order valence-corrected chi connectivity index (χ2v) is 5.27. The van der Waals surface area contributed by atoms with Crippen molar-refractivity contribution < 1.29 is 9.84 Å². The fourth-order valence-corrected chi connectivity index (χ4v) is 2.46. The number of benzene rings is 1. The molecule has 5 heteroatoms. The van der Waals surface area contributed by atoms with Crippen molar-refractivity contribution in [2.75, 3.05) is 12.5 Å². The summed E-state index contributed by atoms with van der Waals surface area (Å²) in [6, 6.07) is 7.82. The third kappa shape index (κ3) is 2.87. The van der Waals surface area contributed by atoms with E-state index >= 15 is 0 Å². The Balaban J connectivity index is 2.18. The number of aryl methyl sites for hydroxylation is 2. The van der Waals surface area contributed by atoms with Crippen molar-refractivity contribution >= 4 is 15.9 Å². The summed E-state index contributed by atoms with van der Waals surface area (Å²) in [7, 11) is 1.54. The molecule has 0 aliphatic rings. The Labute approximate surface area is 121 Å². The minimum absolute atomic E-state index is 0.125. The number of hydrogen-bond donors (Lipinski definition) is 2. The molecule has 0 aliphatic heterocycles. The number of rotatable bonds is 4. The van der Waals surface area contributed by atoms with E-state index in [2.05, 4.69) is 33.5 Å². The zero-order valence-corrected chi connectivity index (χ0v) is 12.8. The normalized spacial score (nSPS) is 10.5. The summed E-state index contributed by atoms with van der Waals surface area (Å²) in [6.45, 7) is 4.74. The Kier molecular flexibility index (Phi) is 4.04. The average Bonchev–Trinajstić information content (AvgIpc) is 2.70. The van der Waals surface area contributed by atoms with E-state index in [-0.39, 0.29) is 5.75 Å². The molecule has 2 aromatic rings. The molecule has 1 heterocycles. The van der Waals surface area contributed by atoms with Crippen molar-refractivity contribution in [3.8, 4) is 11.5 Å². The van der Waals surface area contributed by atoms with Gasteiger partial charge in [0.25, 0.3) is 0 Å². The minimum atomic E-state index is 0.125. The fraction of sp³-hybridized carbons (Fsp3) is 0.286. The molecule has 4 nitrogen and oxygen atoms in total. The number of hydrogen-bond acceptors (Lipinski definition) is 3. The average molecular weight is 325 g/mol. The van der Waals surface area contributed by atoms with Crippen LogP contribution < -0.4 is 10.2 Å². The fourth-order valence-electron chi connectivity index (χ4n) is 1.97. The molecule has 0 saturated carbocycles. The van der Waals surface area contributed by atoms with Gasteiger partial charge in [0.05, 0.1) is 18.1 Å². The molecule has 1 aromatic carbocycles. The van der Waals surface area contributed by atoms with Crippen LogP contribution in [0.1, 0.15) is 17.0 Å². The van der Waals surface area contributed by atoms with Crippen molar-refractivity contribution in [1.82, 2.24) is 4.68 Å². The Morgan fingerprint density at radius 2 is 1.89 bits per heavy atom. The third-order valence-corrected chi connectivity index (χ3v) is 3.63. The molecule has 0 unspecified atom stereocenters. The highest BCUT2D eigenvalue weighted by atomic mass is 79.9. The molecule has 2 rings (SSSR count). The first-order valence-electron chi connectivity index (χ1n) is 5.97. The van der Waals surface area contributed by atoms with Gasteiger partial charge in [0.15, 0.2) is 11.5 Å². The van der Waals surface area contributed by atoms with Crippen LogP contribution in [0.25, 0.3) is 0 Å². The van der Waals surface area contributed by atoms with Crippen molar-refractivity contribution in [2.45, 2.75) is 20.4 Å². The van der Waals surface area contributed by atoms with Gasteiger partial charge in [0, 0.05) is 11.4 Å². The summed E-state index contributed by atoms with van der Waals surface area (Å²) in [6.07, 6.45) is 0. The monoisotopic (exact) mass is 324 g/mol. The summed E-state index contributed by atoms with van der Waals surface area (Å²) in [4.78, 5) is 0. The van der Waals surface area contributed by atoms with E-state index in [1.807, 2.05) is 30.7 Å². The number of halogens is 1. The molecule has 2 N–H and O–H groups in total. The first-order chi connectivity index (χ1) is 9.02. The van der Waals surface area contributed by atoms with Crippen LogP contribution in [0.15, 0.2) is 28.7 Å². The SMILES string of the molecule is COc1cc(CNn2c(C)ccc2C)cc(Br)c1O. The number of methoxy groups -OCH3 is 1. The molecule has 0 fully saturated rings. The predicted molar refractivity (Wildman–Crippen MR) is 79.3 cm³/mol. The van der Waals surface area contributed by atoms with Gasteiger partial charge in [-0.3, -0.25) is 4.68 Å². The predicted octanol–water partition coefficient (Wildman–Crippen LogP) is 3.33. The molecular weight excluding hydrogens is 308 g/mol. The van der Waals surface area contributed by atoms with Gasteiger partial charge in [-0.1, -0.05) is 0 Å². The van der Waals surface area contributed by atoms with Crippen LogP contribution in [-0.4, -0.2) is 16.9 Å². The van der Waals surface area contributed by atoms with Gasteiger partial charge < -0.3 is 15.3 Å². The molecule has 0 spiro atoms. The molecule has 19 heavy (non-hydrogen) atoms. The van der Waals surface area contributed by atoms with Crippen molar-refractivity contribution in [3.05, 3.63) is 45.7 Å². The maximum absolute atomic E-state index is 9.76. The Morgan fingerprint density at radius 1 is 1.26 bits per heavy atom. The number of nitrogens with one attached hydrogen (secondary N) is 1. The van der Waals surface area contributed by atoms with E-state index in [0.717, 1.165) is 17.0 Å². The van der Waals surface area contributed by atoms with Crippen LogP contribution in [0.3, 0.4) is 0 Å². The van der Waals surface area contributed by atoms with Gasteiger partial charge in [-0.25, -0.2) is 0 Å². The van der Waals surface area contributed by atoms with Crippen LogP contribution in [0.5, 0.6) is 11.5 Å². The zero-order chi connectivity index (χ0) is 14.0. The van der Waals surface area contributed by atoms with Gasteiger partial charge in [-0.2, -0.15) is 0 Å². The summed E-state index contributed by atoms with van der Waals surface area (Å²) < 4.78 is 7.80. The van der Waals surface area contributed by atoms with Gasteiger partial charge in [0.2, 0.25) is 0 Å². The second kappa shape index (κ2) is 5.57. The van der Waals surface area contributed by atoms with Crippen LogP contribution in [-0.2, 0) is 6.54 Å². The molecule has 0 bridgehead atoms. The first-order valence-corrected chi connectivity index (χ1v) is 6.76. The summed E-state index contributed by atoms with van der Waals surface area (Å²) >= 11 is 3.32. The quantitative estimate of drug-likeness (QED) is 0.906. The number of phenols is 1. The van der Waals surface area contributed by atoms with E-state index in [4.69, 9.17) is 4.74 Å². The van der Waals surface area contributed by atoms with Gasteiger partial charge in [0.1, 0.15) is 0 Å². The highest BCUT2D eigenvalue weighted by Gasteiger charge is 2.09. The van der Waals surface area contributed by atoms with Crippen LogP contribution in [0.2, 0.25) is 0 Å². The van der Waals surface area contributed by atoms with E-state index in [1.165, 1.54) is 0 Å². The van der Waals surface area contributed by atoms with Crippen molar-refractivity contribution in [3.63, 3.8) is 0 Å². The maximum atomic E-state index is 9.76. The lowest BCUT2D eigenvalue weighted by Gasteiger charge is -2.14. The number of nitrogens with zero attached hydrogens (tertiary/aromatic N) is 1. The number of ether oxygens (including phenoxy) is 1. The molecule has 0 atom stereocenters. The van der Waals surface area contributed by atoms with Crippen LogP contribution >= 0.6 is 15.9 Å². The van der Waals surface area contributed by atoms with Gasteiger partial charge in [-0.15, -0.1) is 0 Å². The van der Waals surface area contributed by atoms with Crippen molar-refractivity contribution in [2.24, 2.45) is 0 Å². The third-order valence-electron chi connectivity index (χ3n) is 3.02.